The van der Waals surface area contributed by atoms with E-state index in [2.05, 4.69) is 5.32 Å². The number of aliphatic carboxylic acids is 1. The molecule has 0 aliphatic carbocycles. The zero-order valence-electron chi connectivity index (χ0n) is 15.5. The maximum absolute atomic E-state index is 12.9. The fourth-order valence-electron chi connectivity index (χ4n) is 3.57. The Labute approximate surface area is 187 Å². The molecule has 0 bridgehead atoms. The van der Waals surface area contributed by atoms with Gasteiger partial charge in [0, 0.05) is 17.1 Å². The second-order valence-electron chi connectivity index (χ2n) is 6.79. The predicted molar refractivity (Wildman–Crippen MR) is 119 cm³/mol. The van der Waals surface area contributed by atoms with Gasteiger partial charge in [-0.3, -0.25) is 9.69 Å². The highest BCUT2D eigenvalue weighted by Crippen LogP contribution is 2.44. The van der Waals surface area contributed by atoms with Gasteiger partial charge in [-0.2, -0.15) is 0 Å². The van der Waals surface area contributed by atoms with Gasteiger partial charge in [-0.1, -0.05) is 59.1 Å². The number of halogens is 3. The molecule has 1 aliphatic rings. The van der Waals surface area contributed by atoms with E-state index >= 15 is 0 Å². The average Bonchev–Trinajstić information content (AvgIpc) is 2.68. The highest BCUT2D eigenvalue weighted by Gasteiger charge is 2.31. The Kier molecular flexibility index (Phi) is 5.60. The van der Waals surface area contributed by atoms with E-state index in [4.69, 9.17) is 34.8 Å². The molecule has 3 aromatic carbocycles. The van der Waals surface area contributed by atoms with Crippen LogP contribution in [0.5, 0.6) is 0 Å². The minimum atomic E-state index is -0.977. The Hall–Kier alpha value is -2.73. The van der Waals surface area contributed by atoms with Crippen LogP contribution in [0, 0.1) is 0 Å². The number of rotatable bonds is 4. The zero-order valence-corrected chi connectivity index (χ0v) is 17.7. The summed E-state index contributed by atoms with van der Waals surface area (Å²) in [6, 6.07) is 15.3. The van der Waals surface area contributed by atoms with Crippen molar-refractivity contribution < 1.29 is 14.7 Å². The van der Waals surface area contributed by atoms with Crippen molar-refractivity contribution in [2.24, 2.45) is 0 Å². The summed E-state index contributed by atoms with van der Waals surface area (Å²) in [6.45, 7) is 0.266. The third-order valence-electron chi connectivity index (χ3n) is 4.80. The number of fused-ring (bicyclic) bond motifs is 1. The highest BCUT2D eigenvalue weighted by atomic mass is 35.5. The summed E-state index contributed by atoms with van der Waals surface area (Å²) in [5.41, 5.74) is 3.80. The van der Waals surface area contributed by atoms with Gasteiger partial charge in [0.05, 0.1) is 27.8 Å². The fourth-order valence-corrected chi connectivity index (χ4v) is 4.32. The predicted octanol–water partition coefficient (Wildman–Crippen LogP) is 6.30. The Morgan fingerprint density at radius 2 is 1.73 bits per heavy atom. The SMILES string of the molecule is O=C(O)Cc1cc(-c2cccc(Cl)c2)c2c(c1)N(c1c(Cl)cccc1Cl)C(=O)NC2. The Morgan fingerprint density at radius 3 is 2.40 bits per heavy atom. The van der Waals surface area contributed by atoms with Crippen LogP contribution < -0.4 is 10.2 Å². The van der Waals surface area contributed by atoms with Gasteiger partial charge in [-0.25, -0.2) is 4.79 Å². The monoisotopic (exact) mass is 460 g/mol. The van der Waals surface area contributed by atoms with Gasteiger partial charge in [-0.15, -0.1) is 0 Å². The topological polar surface area (TPSA) is 69.6 Å². The van der Waals surface area contributed by atoms with Crippen molar-refractivity contribution in [2.75, 3.05) is 4.90 Å². The number of anilines is 2. The Morgan fingerprint density at radius 1 is 1.03 bits per heavy atom. The standard InChI is InChI=1S/C22H15Cl3N2O3/c23-14-4-1-3-13(10-14)15-7-12(9-20(28)29)8-19-16(15)11-26-22(30)27(19)21-17(24)5-2-6-18(21)25/h1-8,10H,9,11H2,(H,26,30)(H,28,29). The molecule has 0 unspecified atom stereocenters. The summed E-state index contributed by atoms with van der Waals surface area (Å²) in [5, 5.41) is 13.3. The quantitative estimate of drug-likeness (QED) is 0.479. The van der Waals surface area contributed by atoms with E-state index in [-0.39, 0.29) is 13.0 Å². The lowest BCUT2D eigenvalue weighted by molar-refractivity contribution is -0.136. The first-order chi connectivity index (χ1) is 14.3. The van der Waals surface area contributed by atoms with Crippen LogP contribution in [0.15, 0.2) is 54.6 Å². The molecule has 0 fully saturated rings. The lowest BCUT2D eigenvalue weighted by Gasteiger charge is -2.33. The van der Waals surface area contributed by atoms with Crippen LogP contribution in [-0.4, -0.2) is 17.1 Å². The van der Waals surface area contributed by atoms with Crippen molar-refractivity contribution in [3.8, 4) is 11.1 Å². The molecule has 0 atom stereocenters. The van der Waals surface area contributed by atoms with Gasteiger partial charge in [0.2, 0.25) is 0 Å². The molecule has 5 nitrogen and oxygen atoms in total. The highest BCUT2D eigenvalue weighted by molar-refractivity contribution is 6.40. The summed E-state index contributed by atoms with van der Waals surface area (Å²) in [4.78, 5) is 25.7. The van der Waals surface area contributed by atoms with Gasteiger partial charge < -0.3 is 10.4 Å². The lowest BCUT2D eigenvalue weighted by Crippen LogP contribution is -2.41. The van der Waals surface area contributed by atoms with Crippen molar-refractivity contribution in [3.05, 3.63) is 80.8 Å². The molecule has 3 aromatic rings. The molecule has 0 saturated heterocycles. The fraction of sp³-hybridized carbons (Fsp3) is 0.0909. The molecule has 8 heteroatoms. The van der Waals surface area contributed by atoms with Crippen LogP contribution in [0.3, 0.4) is 0 Å². The number of nitrogens with one attached hydrogen (secondary N) is 1. The molecule has 2 amide bonds. The number of benzene rings is 3. The maximum Gasteiger partial charge on any atom is 0.326 e. The minimum absolute atomic E-state index is 0.202. The van der Waals surface area contributed by atoms with Gasteiger partial charge in [-0.05, 0) is 47.0 Å². The number of carboxylic acids is 1. The molecule has 0 aromatic heterocycles. The summed E-state index contributed by atoms with van der Waals surface area (Å²) in [5.74, 6) is -0.977. The van der Waals surface area contributed by atoms with Crippen molar-refractivity contribution in [1.82, 2.24) is 5.32 Å². The Balaban J connectivity index is 2.00. The number of carbonyl (C=O) groups is 2. The maximum atomic E-state index is 12.9. The minimum Gasteiger partial charge on any atom is -0.481 e. The summed E-state index contributed by atoms with van der Waals surface area (Å²) in [6.07, 6.45) is -0.202. The smallest absolute Gasteiger partial charge is 0.326 e. The van der Waals surface area contributed by atoms with E-state index in [1.165, 1.54) is 4.90 Å². The molecule has 4 rings (SSSR count). The van der Waals surface area contributed by atoms with Gasteiger partial charge in [0.1, 0.15) is 0 Å². The number of hydrogen-bond acceptors (Lipinski definition) is 2. The van der Waals surface area contributed by atoms with Crippen LogP contribution in [0.2, 0.25) is 15.1 Å². The number of urea groups is 1. The van der Waals surface area contributed by atoms with Crippen molar-refractivity contribution in [3.63, 3.8) is 0 Å². The van der Waals surface area contributed by atoms with Crippen LogP contribution in [0.25, 0.3) is 11.1 Å². The normalized spacial score (nSPS) is 13.0. The molecule has 152 valence electrons. The number of nitrogens with zero attached hydrogens (tertiary/aromatic N) is 1. The van der Waals surface area contributed by atoms with Gasteiger partial charge in [0.15, 0.2) is 0 Å². The zero-order chi connectivity index (χ0) is 21.4. The van der Waals surface area contributed by atoms with E-state index < -0.39 is 12.0 Å². The molecule has 0 saturated carbocycles. The number of hydrogen-bond donors (Lipinski definition) is 2. The second-order valence-corrected chi connectivity index (χ2v) is 8.04. The second kappa shape index (κ2) is 8.19. The first kappa shape index (κ1) is 20.5. The van der Waals surface area contributed by atoms with Gasteiger partial charge in [0.25, 0.3) is 0 Å². The lowest BCUT2D eigenvalue weighted by atomic mass is 9.93. The third-order valence-corrected chi connectivity index (χ3v) is 5.64. The molecule has 2 N–H and O–H groups in total. The number of carboxylic acid groups (broad SMARTS) is 1. The molecule has 0 radical (unpaired) electrons. The molecule has 1 heterocycles. The van der Waals surface area contributed by atoms with Crippen LogP contribution in [-0.2, 0) is 17.8 Å². The summed E-state index contributed by atoms with van der Waals surface area (Å²) >= 11 is 18.9. The molecule has 0 spiro atoms. The van der Waals surface area contributed by atoms with Crippen LogP contribution in [0.1, 0.15) is 11.1 Å². The first-order valence-corrected chi connectivity index (χ1v) is 10.1. The molecular weight excluding hydrogens is 447 g/mol. The van der Waals surface area contributed by atoms with Gasteiger partial charge >= 0.3 is 12.0 Å². The van der Waals surface area contributed by atoms with Crippen LogP contribution in [0.4, 0.5) is 16.2 Å². The van der Waals surface area contributed by atoms with E-state index in [1.807, 2.05) is 18.2 Å². The number of carbonyl (C=O) groups excluding carboxylic acids is 1. The number of para-hydroxylation sites is 1. The third kappa shape index (κ3) is 3.84. The first-order valence-electron chi connectivity index (χ1n) is 9.00. The van der Waals surface area contributed by atoms with E-state index in [0.717, 1.165) is 16.7 Å². The molecule has 1 aliphatic heterocycles. The van der Waals surface area contributed by atoms with Crippen molar-refractivity contribution >= 4 is 58.2 Å². The average molecular weight is 462 g/mol. The van der Waals surface area contributed by atoms with Crippen molar-refractivity contribution in [1.29, 1.82) is 0 Å². The van der Waals surface area contributed by atoms with Crippen LogP contribution >= 0.6 is 34.8 Å². The van der Waals surface area contributed by atoms with Crippen molar-refractivity contribution in [2.45, 2.75) is 13.0 Å². The van der Waals surface area contributed by atoms with E-state index in [1.54, 1.807) is 36.4 Å². The van der Waals surface area contributed by atoms with E-state index in [9.17, 15) is 14.7 Å². The summed E-state index contributed by atoms with van der Waals surface area (Å²) < 4.78 is 0. The number of amides is 2. The molecular formula is C22H15Cl3N2O3. The largest absolute Gasteiger partial charge is 0.481 e. The Bertz CT molecular complexity index is 1160. The van der Waals surface area contributed by atoms with E-state index in [0.29, 0.717) is 32.0 Å². The molecule has 30 heavy (non-hydrogen) atoms. The summed E-state index contributed by atoms with van der Waals surface area (Å²) in [7, 11) is 0.